The number of amides is 1. The zero-order valence-electron chi connectivity index (χ0n) is 24.7. The van der Waals surface area contributed by atoms with Gasteiger partial charge >= 0.3 is 6.18 Å². The molecule has 228 valence electrons. The number of likely N-dealkylation sites (tertiary alicyclic amines) is 1. The Morgan fingerprint density at radius 2 is 1.86 bits per heavy atom. The molecule has 0 spiro atoms. The molecule has 9 nitrogen and oxygen atoms in total. The number of halogens is 4. The number of carbonyl (C=O) groups excluding carboxylic acids is 1. The SMILES string of the molecule is Cc1ccc(C(=O)Nc2cc(CN3CCC(N(C)C)CC3)c(I)c(C(F)(F)F)c2)cc1-n1cc(-c2cnn(C)c2C)nn1. The second-order valence-corrected chi connectivity index (χ2v) is 12.3. The quantitative estimate of drug-likeness (QED) is 0.249. The van der Waals surface area contributed by atoms with E-state index in [2.05, 4.69) is 44.6 Å². The molecule has 0 atom stereocenters. The lowest BCUT2D eigenvalue weighted by molar-refractivity contribution is -0.138. The highest BCUT2D eigenvalue weighted by atomic mass is 127. The normalized spacial score (nSPS) is 14.9. The molecule has 1 aliphatic rings. The second-order valence-electron chi connectivity index (χ2n) is 11.2. The number of hydrogen-bond acceptors (Lipinski definition) is 6. The van der Waals surface area contributed by atoms with Gasteiger partial charge in [-0.05, 0) is 112 Å². The predicted octanol–water partition coefficient (Wildman–Crippen LogP) is 5.69. The molecule has 0 bridgehead atoms. The highest BCUT2D eigenvalue weighted by molar-refractivity contribution is 14.1. The average molecular weight is 707 g/mol. The van der Waals surface area contributed by atoms with Crippen LogP contribution in [0, 0.1) is 17.4 Å². The first kappa shape index (κ1) is 31.1. The van der Waals surface area contributed by atoms with Gasteiger partial charge in [-0.1, -0.05) is 11.3 Å². The van der Waals surface area contributed by atoms with Crippen LogP contribution >= 0.6 is 22.6 Å². The Balaban J connectivity index is 1.39. The van der Waals surface area contributed by atoms with Gasteiger partial charge in [0.25, 0.3) is 5.91 Å². The number of nitrogens with one attached hydrogen (secondary N) is 1. The standard InChI is InChI=1S/C30H34F3IN8O/c1-18-6-7-20(13-27(18)42-17-26(37-38-42)24-15-35-40(5)19(24)2)29(43)36-22-12-21(28(34)25(14-22)30(31,32)33)16-41-10-8-23(9-11-41)39(3)4/h6-7,12-15,17,23H,8-11,16H2,1-5H3,(H,36,43). The number of benzene rings is 2. The first-order valence-corrected chi connectivity index (χ1v) is 15.0. The van der Waals surface area contributed by atoms with Gasteiger partial charge in [0.15, 0.2) is 0 Å². The van der Waals surface area contributed by atoms with Gasteiger partial charge in [0, 0.05) is 45.7 Å². The van der Waals surface area contributed by atoms with E-state index < -0.39 is 17.6 Å². The van der Waals surface area contributed by atoms with Crippen LogP contribution in [0.1, 0.15) is 45.6 Å². The number of aryl methyl sites for hydroxylation is 2. The van der Waals surface area contributed by atoms with Crippen LogP contribution in [0.3, 0.4) is 0 Å². The lowest BCUT2D eigenvalue weighted by atomic mass is 10.0. The lowest BCUT2D eigenvalue weighted by Crippen LogP contribution is -2.41. The monoisotopic (exact) mass is 706 g/mol. The topological polar surface area (TPSA) is 84.1 Å². The van der Waals surface area contributed by atoms with Crippen molar-refractivity contribution < 1.29 is 18.0 Å². The van der Waals surface area contributed by atoms with Crippen LogP contribution in [0.4, 0.5) is 18.9 Å². The van der Waals surface area contributed by atoms with Crippen LogP contribution in [0.2, 0.25) is 0 Å². The molecule has 5 rings (SSSR count). The molecule has 4 aromatic rings. The van der Waals surface area contributed by atoms with Crippen molar-refractivity contribution in [2.45, 2.75) is 45.5 Å². The second kappa shape index (κ2) is 12.4. The summed E-state index contributed by atoms with van der Waals surface area (Å²) < 4.78 is 45.7. The van der Waals surface area contributed by atoms with Crippen LogP contribution in [0.5, 0.6) is 0 Å². The van der Waals surface area contributed by atoms with Gasteiger partial charge in [0.05, 0.1) is 23.6 Å². The van der Waals surface area contributed by atoms with Crippen LogP contribution in [-0.4, -0.2) is 73.7 Å². The number of carbonyl (C=O) groups is 1. The largest absolute Gasteiger partial charge is 0.417 e. The molecular weight excluding hydrogens is 672 g/mol. The van der Waals surface area contributed by atoms with Crippen molar-refractivity contribution in [1.29, 1.82) is 0 Å². The third-order valence-corrected chi connectivity index (χ3v) is 9.39. The minimum Gasteiger partial charge on any atom is -0.322 e. The number of piperidine rings is 1. The lowest BCUT2D eigenvalue weighted by Gasteiger charge is -2.35. The molecule has 13 heteroatoms. The van der Waals surface area contributed by atoms with Crippen molar-refractivity contribution in [1.82, 2.24) is 34.6 Å². The molecule has 43 heavy (non-hydrogen) atoms. The fraction of sp³-hybridized carbons (Fsp3) is 0.400. The van der Waals surface area contributed by atoms with Gasteiger partial charge in [-0.15, -0.1) is 5.10 Å². The molecular formula is C30H34F3IN8O. The summed E-state index contributed by atoms with van der Waals surface area (Å²) in [5, 5.41) is 15.5. The summed E-state index contributed by atoms with van der Waals surface area (Å²) in [6.45, 7) is 5.80. The molecule has 2 aromatic carbocycles. The van der Waals surface area contributed by atoms with Gasteiger partial charge in [-0.25, -0.2) is 4.68 Å². The number of nitrogens with zero attached hydrogens (tertiary/aromatic N) is 7. The summed E-state index contributed by atoms with van der Waals surface area (Å²) in [5.41, 5.74) is 4.08. The number of alkyl halides is 3. The van der Waals surface area contributed by atoms with Gasteiger partial charge in [0.2, 0.25) is 0 Å². The van der Waals surface area contributed by atoms with E-state index in [1.54, 1.807) is 68.6 Å². The summed E-state index contributed by atoms with van der Waals surface area (Å²) in [7, 11) is 5.95. The number of hydrogen-bond donors (Lipinski definition) is 1. The third-order valence-electron chi connectivity index (χ3n) is 8.12. The average Bonchev–Trinajstić information content (AvgIpc) is 3.56. The summed E-state index contributed by atoms with van der Waals surface area (Å²) in [6, 6.07) is 8.21. The van der Waals surface area contributed by atoms with E-state index in [9.17, 15) is 18.0 Å². The van der Waals surface area contributed by atoms with Crippen molar-refractivity contribution in [2.75, 3.05) is 32.5 Å². The Labute approximate surface area is 262 Å². The van der Waals surface area contributed by atoms with Crippen molar-refractivity contribution >= 4 is 34.2 Å². The Bertz CT molecular complexity index is 1640. The van der Waals surface area contributed by atoms with Crippen LogP contribution < -0.4 is 5.32 Å². The molecule has 3 heterocycles. The molecule has 1 fully saturated rings. The minimum atomic E-state index is -4.56. The third kappa shape index (κ3) is 6.78. The summed E-state index contributed by atoms with van der Waals surface area (Å²) in [4.78, 5) is 17.7. The van der Waals surface area contributed by atoms with Crippen molar-refractivity contribution in [3.8, 4) is 16.9 Å². The molecule has 1 amide bonds. The molecule has 0 aliphatic carbocycles. The molecule has 2 aromatic heterocycles. The van der Waals surface area contributed by atoms with E-state index in [0.29, 0.717) is 29.5 Å². The smallest absolute Gasteiger partial charge is 0.322 e. The molecule has 0 radical (unpaired) electrons. The zero-order chi connectivity index (χ0) is 31.1. The van der Waals surface area contributed by atoms with Gasteiger partial charge in [-0.2, -0.15) is 18.3 Å². The Kier molecular flexibility index (Phi) is 8.95. The molecule has 0 saturated carbocycles. The van der Waals surface area contributed by atoms with Crippen molar-refractivity contribution in [3.63, 3.8) is 0 Å². The predicted molar refractivity (Wildman–Crippen MR) is 167 cm³/mol. The van der Waals surface area contributed by atoms with E-state index in [1.165, 1.54) is 0 Å². The maximum absolute atomic E-state index is 14.1. The molecule has 0 unspecified atom stereocenters. The van der Waals surface area contributed by atoms with E-state index in [4.69, 9.17) is 0 Å². The molecule has 1 aliphatic heterocycles. The maximum atomic E-state index is 14.1. The Morgan fingerprint density at radius 3 is 2.49 bits per heavy atom. The highest BCUT2D eigenvalue weighted by Crippen LogP contribution is 2.37. The van der Waals surface area contributed by atoms with E-state index in [1.807, 2.05) is 20.9 Å². The van der Waals surface area contributed by atoms with Gasteiger partial charge in [-0.3, -0.25) is 14.4 Å². The Morgan fingerprint density at radius 1 is 1.14 bits per heavy atom. The van der Waals surface area contributed by atoms with Crippen molar-refractivity contribution in [2.24, 2.45) is 7.05 Å². The summed E-state index contributed by atoms with van der Waals surface area (Å²) >= 11 is 1.77. The first-order valence-electron chi connectivity index (χ1n) is 13.9. The van der Waals surface area contributed by atoms with Crippen LogP contribution in [-0.2, 0) is 19.8 Å². The number of rotatable bonds is 7. The van der Waals surface area contributed by atoms with Crippen LogP contribution in [0.25, 0.3) is 16.9 Å². The summed E-state index contributed by atoms with van der Waals surface area (Å²) in [5.74, 6) is -0.517. The van der Waals surface area contributed by atoms with Crippen molar-refractivity contribution in [3.05, 3.63) is 74.2 Å². The number of aromatic nitrogens is 5. The van der Waals surface area contributed by atoms with Gasteiger partial charge in [0.1, 0.15) is 5.69 Å². The highest BCUT2D eigenvalue weighted by Gasteiger charge is 2.35. The fourth-order valence-electron chi connectivity index (χ4n) is 5.37. The molecule has 1 saturated heterocycles. The van der Waals surface area contributed by atoms with Crippen LogP contribution in [0.15, 0.2) is 42.7 Å². The maximum Gasteiger partial charge on any atom is 0.417 e. The number of anilines is 1. The minimum absolute atomic E-state index is 0.105. The van der Waals surface area contributed by atoms with E-state index in [-0.39, 0.29) is 14.8 Å². The van der Waals surface area contributed by atoms with E-state index in [0.717, 1.165) is 48.8 Å². The summed E-state index contributed by atoms with van der Waals surface area (Å²) in [6.07, 6.45) is 0.833. The molecule has 1 N–H and O–H groups in total. The first-order chi connectivity index (χ1) is 20.3. The van der Waals surface area contributed by atoms with E-state index >= 15 is 0 Å². The fourth-order valence-corrected chi connectivity index (χ4v) is 6.16. The van der Waals surface area contributed by atoms with Gasteiger partial charge < -0.3 is 10.2 Å². The zero-order valence-corrected chi connectivity index (χ0v) is 26.9. The Hall–Kier alpha value is -3.30.